The van der Waals surface area contributed by atoms with Crippen molar-refractivity contribution >= 4 is 50.7 Å². The van der Waals surface area contributed by atoms with Crippen LogP contribution in [-0.2, 0) is 4.79 Å². The molecule has 6 heteroatoms. The van der Waals surface area contributed by atoms with Gasteiger partial charge in [0.15, 0.2) is 12.4 Å². The Kier molecular flexibility index (Phi) is 5.51. The maximum atomic E-state index is 11.9. The highest BCUT2D eigenvalue weighted by Crippen LogP contribution is 2.35. The summed E-state index contributed by atoms with van der Waals surface area (Å²) < 4.78 is 6.04. The van der Waals surface area contributed by atoms with E-state index >= 15 is 0 Å². The van der Waals surface area contributed by atoms with Gasteiger partial charge < -0.3 is 10.1 Å². The van der Waals surface area contributed by atoms with Crippen molar-refractivity contribution in [3.63, 3.8) is 0 Å². The second kappa shape index (κ2) is 7.16. The molecular weight excluding hydrogens is 377 g/mol. The molecule has 0 aliphatic carbocycles. The Labute approximate surface area is 141 Å². The lowest BCUT2D eigenvalue weighted by atomic mass is 10.2. The molecule has 110 valence electrons. The predicted molar refractivity (Wildman–Crippen MR) is 89.5 cm³/mol. The molecule has 2 aromatic rings. The van der Waals surface area contributed by atoms with Crippen LogP contribution in [0.2, 0.25) is 10.0 Å². The normalized spacial score (nSPS) is 10.3. The van der Waals surface area contributed by atoms with Crippen molar-refractivity contribution in [3.8, 4) is 5.75 Å². The fraction of sp³-hybridized carbons (Fsp3) is 0.133. The van der Waals surface area contributed by atoms with Crippen molar-refractivity contribution in [2.75, 3.05) is 11.9 Å². The molecule has 2 rings (SSSR count). The molecule has 0 heterocycles. The van der Waals surface area contributed by atoms with E-state index in [9.17, 15) is 4.79 Å². The number of rotatable bonds is 4. The number of aryl methyl sites for hydroxylation is 1. The Hall–Kier alpha value is -1.23. The van der Waals surface area contributed by atoms with Gasteiger partial charge in [-0.2, -0.15) is 0 Å². The molecule has 21 heavy (non-hydrogen) atoms. The fourth-order valence-electron chi connectivity index (χ4n) is 1.72. The number of ether oxygens (including phenoxy) is 1. The number of amides is 1. The standard InChI is InChI=1S/C15H12BrCl2NO2/c1-9-3-2-4-11(5-9)19-14(20)8-21-15-12(16)6-10(17)7-13(15)18/h2-7H,8H2,1H3,(H,19,20). The van der Waals surface area contributed by atoms with E-state index in [2.05, 4.69) is 21.2 Å². The fourth-order valence-corrected chi connectivity index (χ4v) is 3.09. The molecule has 0 aromatic heterocycles. The molecule has 0 fully saturated rings. The van der Waals surface area contributed by atoms with Crippen LogP contribution in [0, 0.1) is 6.92 Å². The topological polar surface area (TPSA) is 38.3 Å². The van der Waals surface area contributed by atoms with Crippen molar-refractivity contribution in [1.29, 1.82) is 0 Å². The van der Waals surface area contributed by atoms with Crippen LogP contribution in [-0.4, -0.2) is 12.5 Å². The Morgan fingerprint density at radius 1 is 1.29 bits per heavy atom. The second-order valence-electron chi connectivity index (χ2n) is 4.40. The van der Waals surface area contributed by atoms with Crippen LogP contribution in [0.1, 0.15) is 5.56 Å². The van der Waals surface area contributed by atoms with Gasteiger partial charge in [-0.1, -0.05) is 35.3 Å². The molecule has 1 amide bonds. The predicted octanol–water partition coefficient (Wildman–Crippen LogP) is 5.08. The van der Waals surface area contributed by atoms with Gasteiger partial charge in [0.05, 0.1) is 9.50 Å². The molecule has 0 atom stereocenters. The molecule has 0 aliphatic rings. The maximum absolute atomic E-state index is 11.9. The van der Waals surface area contributed by atoms with Crippen LogP contribution in [0.5, 0.6) is 5.75 Å². The number of halogens is 3. The zero-order chi connectivity index (χ0) is 15.4. The zero-order valence-corrected chi connectivity index (χ0v) is 14.2. The van der Waals surface area contributed by atoms with Gasteiger partial charge in [0, 0.05) is 10.7 Å². The summed E-state index contributed by atoms with van der Waals surface area (Å²) in [5.74, 6) is 0.124. The van der Waals surface area contributed by atoms with E-state index in [1.54, 1.807) is 12.1 Å². The average molecular weight is 389 g/mol. The van der Waals surface area contributed by atoms with Crippen LogP contribution in [0.4, 0.5) is 5.69 Å². The van der Waals surface area contributed by atoms with Crippen LogP contribution in [0.25, 0.3) is 0 Å². The number of anilines is 1. The summed E-state index contributed by atoms with van der Waals surface area (Å²) in [5.41, 5.74) is 1.79. The number of hydrogen-bond acceptors (Lipinski definition) is 2. The lowest BCUT2D eigenvalue weighted by Gasteiger charge is -2.11. The Morgan fingerprint density at radius 3 is 2.71 bits per heavy atom. The third kappa shape index (κ3) is 4.63. The molecule has 0 spiro atoms. The van der Waals surface area contributed by atoms with Crippen LogP contribution >= 0.6 is 39.1 Å². The molecule has 2 aromatic carbocycles. The van der Waals surface area contributed by atoms with E-state index in [1.165, 1.54) is 0 Å². The summed E-state index contributed by atoms with van der Waals surface area (Å²) in [5, 5.41) is 3.59. The first-order valence-corrected chi connectivity index (χ1v) is 7.64. The SMILES string of the molecule is Cc1cccc(NC(=O)COc2c(Cl)cc(Cl)cc2Br)c1. The van der Waals surface area contributed by atoms with Gasteiger partial charge >= 0.3 is 0 Å². The molecule has 0 aliphatic heterocycles. The van der Waals surface area contributed by atoms with Crippen molar-refractivity contribution in [3.05, 3.63) is 56.5 Å². The van der Waals surface area contributed by atoms with Crippen molar-refractivity contribution in [2.45, 2.75) is 6.92 Å². The van der Waals surface area contributed by atoms with E-state index in [0.717, 1.165) is 11.3 Å². The van der Waals surface area contributed by atoms with Gasteiger partial charge in [0.2, 0.25) is 0 Å². The average Bonchev–Trinajstić information content (AvgIpc) is 2.37. The molecular formula is C15H12BrCl2NO2. The van der Waals surface area contributed by atoms with Crippen LogP contribution < -0.4 is 10.1 Å². The summed E-state index contributed by atoms with van der Waals surface area (Å²) in [6.45, 7) is 1.81. The summed E-state index contributed by atoms with van der Waals surface area (Å²) in [6, 6.07) is 10.7. The van der Waals surface area contributed by atoms with Crippen LogP contribution in [0.3, 0.4) is 0 Å². The van der Waals surface area contributed by atoms with E-state index < -0.39 is 0 Å². The van der Waals surface area contributed by atoms with Gasteiger partial charge in [-0.15, -0.1) is 0 Å². The number of carbonyl (C=O) groups excluding carboxylic acids is 1. The monoisotopic (exact) mass is 387 g/mol. The Bertz CT molecular complexity index is 653. The molecule has 3 nitrogen and oxygen atoms in total. The molecule has 0 saturated carbocycles. The van der Waals surface area contributed by atoms with E-state index in [1.807, 2.05) is 31.2 Å². The molecule has 0 radical (unpaired) electrons. The van der Waals surface area contributed by atoms with Crippen LogP contribution in [0.15, 0.2) is 40.9 Å². The minimum absolute atomic E-state index is 0.145. The van der Waals surface area contributed by atoms with Crippen molar-refractivity contribution < 1.29 is 9.53 Å². The highest BCUT2D eigenvalue weighted by molar-refractivity contribution is 9.10. The van der Waals surface area contributed by atoms with Gasteiger partial charge in [-0.05, 0) is 52.7 Å². The molecule has 0 unspecified atom stereocenters. The first kappa shape index (κ1) is 16.1. The lowest BCUT2D eigenvalue weighted by molar-refractivity contribution is -0.118. The second-order valence-corrected chi connectivity index (χ2v) is 6.10. The number of hydrogen-bond donors (Lipinski definition) is 1. The number of carbonyl (C=O) groups is 1. The Balaban J connectivity index is 1.99. The maximum Gasteiger partial charge on any atom is 0.262 e. The quantitative estimate of drug-likeness (QED) is 0.792. The Morgan fingerprint density at radius 2 is 2.05 bits per heavy atom. The highest BCUT2D eigenvalue weighted by Gasteiger charge is 2.11. The number of nitrogens with one attached hydrogen (secondary N) is 1. The summed E-state index contributed by atoms with van der Waals surface area (Å²) in [4.78, 5) is 11.9. The van der Waals surface area contributed by atoms with Gasteiger partial charge in [-0.25, -0.2) is 0 Å². The minimum Gasteiger partial charge on any atom is -0.481 e. The minimum atomic E-state index is -0.265. The van der Waals surface area contributed by atoms with Gasteiger partial charge in [0.25, 0.3) is 5.91 Å². The molecule has 0 saturated heterocycles. The third-order valence-electron chi connectivity index (χ3n) is 2.61. The van der Waals surface area contributed by atoms with E-state index in [0.29, 0.717) is 20.3 Å². The molecule has 0 bridgehead atoms. The van der Waals surface area contributed by atoms with Crippen molar-refractivity contribution in [2.24, 2.45) is 0 Å². The summed E-state index contributed by atoms with van der Waals surface area (Å²) in [7, 11) is 0. The largest absolute Gasteiger partial charge is 0.481 e. The first-order chi connectivity index (χ1) is 9.95. The number of benzene rings is 2. The first-order valence-electron chi connectivity index (χ1n) is 6.09. The molecule has 1 N–H and O–H groups in total. The summed E-state index contributed by atoms with van der Waals surface area (Å²) in [6.07, 6.45) is 0. The highest BCUT2D eigenvalue weighted by atomic mass is 79.9. The van der Waals surface area contributed by atoms with Gasteiger partial charge in [-0.3, -0.25) is 4.79 Å². The van der Waals surface area contributed by atoms with Crippen molar-refractivity contribution in [1.82, 2.24) is 0 Å². The van der Waals surface area contributed by atoms with E-state index in [-0.39, 0.29) is 12.5 Å². The third-order valence-corrected chi connectivity index (χ3v) is 3.70. The van der Waals surface area contributed by atoms with Gasteiger partial charge in [0.1, 0.15) is 0 Å². The summed E-state index contributed by atoms with van der Waals surface area (Å²) >= 11 is 15.2. The smallest absolute Gasteiger partial charge is 0.262 e. The zero-order valence-electron chi connectivity index (χ0n) is 11.1. The van der Waals surface area contributed by atoms with E-state index in [4.69, 9.17) is 27.9 Å². The lowest BCUT2D eigenvalue weighted by Crippen LogP contribution is -2.20.